The third-order valence-corrected chi connectivity index (χ3v) is 6.93. The van der Waals surface area contributed by atoms with Crippen LogP contribution in [-0.2, 0) is 16.0 Å². The number of carbonyl (C=O) groups is 3. The highest BCUT2D eigenvalue weighted by Crippen LogP contribution is 2.49. The molecule has 2 aromatic carbocycles. The zero-order chi connectivity index (χ0) is 21.3. The molecule has 4 N–H and O–H groups in total. The van der Waals surface area contributed by atoms with E-state index in [2.05, 4.69) is 5.32 Å². The second-order valence-corrected chi connectivity index (χ2v) is 9.06. The summed E-state index contributed by atoms with van der Waals surface area (Å²) in [6.45, 7) is 0. The first-order chi connectivity index (χ1) is 14.4. The van der Waals surface area contributed by atoms with Crippen molar-refractivity contribution in [1.82, 2.24) is 5.32 Å². The number of phenols is 1. The number of primary amides is 1. The summed E-state index contributed by atoms with van der Waals surface area (Å²) in [5, 5.41) is 13.8. The molecule has 2 aliphatic heterocycles. The number of aromatic hydroxyl groups is 1. The molecule has 0 spiro atoms. The summed E-state index contributed by atoms with van der Waals surface area (Å²) in [5.74, 6) is -0.723. The van der Waals surface area contributed by atoms with Crippen LogP contribution in [0.4, 0.5) is 10.5 Å². The standard InChI is InChI=1S/C21H19N3O4S2/c22-18(26)10-14-11-29-20(13-4-2-1-3-5-13)24(14)15-8-12(6-7-16(15)25)9-17-19(27)23-21(28)30-17/h1-8,11,17,20,25H,9-10H2,(H2,22,26)(H,23,27,28). The number of benzene rings is 2. The molecular weight excluding hydrogens is 422 g/mol. The molecule has 4 rings (SSSR count). The molecule has 0 saturated carbocycles. The Labute approximate surface area is 181 Å². The Hall–Kier alpha value is -2.91. The lowest BCUT2D eigenvalue weighted by Crippen LogP contribution is -2.26. The Morgan fingerprint density at radius 1 is 1.17 bits per heavy atom. The van der Waals surface area contributed by atoms with Gasteiger partial charge in [0.05, 0.1) is 17.4 Å². The Balaban J connectivity index is 1.69. The Bertz CT molecular complexity index is 1040. The summed E-state index contributed by atoms with van der Waals surface area (Å²) in [6.07, 6.45) is 0.386. The van der Waals surface area contributed by atoms with E-state index in [9.17, 15) is 19.5 Å². The molecule has 2 atom stereocenters. The van der Waals surface area contributed by atoms with E-state index in [1.54, 1.807) is 18.2 Å². The molecule has 0 radical (unpaired) electrons. The quantitative estimate of drug-likeness (QED) is 0.631. The minimum absolute atomic E-state index is 0.0371. The highest BCUT2D eigenvalue weighted by molar-refractivity contribution is 8.15. The molecule has 0 aliphatic carbocycles. The summed E-state index contributed by atoms with van der Waals surface area (Å²) in [4.78, 5) is 36.9. The van der Waals surface area contributed by atoms with Crippen molar-refractivity contribution in [2.75, 3.05) is 4.90 Å². The molecule has 7 nitrogen and oxygen atoms in total. The zero-order valence-corrected chi connectivity index (χ0v) is 17.4. The van der Waals surface area contributed by atoms with Crippen LogP contribution in [0, 0.1) is 0 Å². The molecule has 1 fully saturated rings. The van der Waals surface area contributed by atoms with Gasteiger partial charge in [0.15, 0.2) is 0 Å². The number of nitrogens with two attached hydrogens (primary N) is 1. The van der Waals surface area contributed by atoms with Gasteiger partial charge in [0.25, 0.3) is 5.24 Å². The van der Waals surface area contributed by atoms with Crippen LogP contribution < -0.4 is 16.0 Å². The smallest absolute Gasteiger partial charge is 0.286 e. The Morgan fingerprint density at radius 2 is 1.93 bits per heavy atom. The van der Waals surface area contributed by atoms with Gasteiger partial charge in [-0.3, -0.25) is 19.7 Å². The predicted molar refractivity (Wildman–Crippen MR) is 118 cm³/mol. The van der Waals surface area contributed by atoms with E-state index in [0.29, 0.717) is 17.8 Å². The molecule has 1 saturated heterocycles. The van der Waals surface area contributed by atoms with Crippen LogP contribution >= 0.6 is 23.5 Å². The molecule has 154 valence electrons. The van der Waals surface area contributed by atoms with Gasteiger partial charge in [0.1, 0.15) is 11.1 Å². The van der Waals surface area contributed by atoms with Crippen LogP contribution in [0.5, 0.6) is 5.75 Å². The molecule has 2 unspecified atom stereocenters. The number of phenolic OH excluding ortho intramolecular Hbond substituents is 1. The van der Waals surface area contributed by atoms with E-state index in [1.165, 1.54) is 11.8 Å². The first-order valence-electron chi connectivity index (χ1n) is 9.22. The van der Waals surface area contributed by atoms with Crippen molar-refractivity contribution in [3.05, 3.63) is 70.8 Å². The van der Waals surface area contributed by atoms with E-state index in [0.717, 1.165) is 22.9 Å². The van der Waals surface area contributed by atoms with E-state index < -0.39 is 11.2 Å². The highest BCUT2D eigenvalue weighted by Gasteiger charge is 2.34. The first kappa shape index (κ1) is 20.4. The normalized spacial score (nSPS) is 20.9. The molecular formula is C21H19N3O4S2. The summed E-state index contributed by atoms with van der Waals surface area (Å²) < 4.78 is 0. The highest BCUT2D eigenvalue weighted by atomic mass is 32.2. The lowest BCUT2D eigenvalue weighted by molar-refractivity contribution is -0.119. The van der Waals surface area contributed by atoms with Gasteiger partial charge in [-0.2, -0.15) is 0 Å². The molecule has 3 amide bonds. The lowest BCUT2D eigenvalue weighted by atomic mass is 10.1. The van der Waals surface area contributed by atoms with Crippen LogP contribution in [0.3, 0.4) is 0 Å². The van der Waals surface area contributed by atoms with Crippen molar-refractivity contribution in [2.45, 2.75) is 23.5 Å². The molecule has 30 heavy (non-hydrogen) atoms. The second-order valence-electron chi connectivity index (χ2n) is 6.93. The van der Waals surface area contributed by atoms with Gasteiger partial charge in [0, 0.05) is 5.70 Å². The minimum atomic E-state index is -0.506. The molecule has 9 heteroatoms. The van der Waals surface area contributed by atoms with Crippen LogP contribution in [0.15, 0.2) is 59.6 Å². The van der Waals surface area contributed by atoms with Gasteiger partial charge in [-0.1, -0.05) is 48.2 Å². The van der Waals surface area contributed by atoms with Gasteiger partial charge in [-0.05, 0) is 35.1 Å². The summed E-state index contributed by atoms with van der Waals surface area (Å²) in [5.41, 5.74) is 8.47. The van der Waals surface area contributed by atoms with Gasteiger partial charge in [-0.25, -0.2) is 0 Å². The Morgan fingerprint density at radius 3 is 2.60 bits per heavy atom. The summed E-state index contributed by atoms with van der Waals surface area (Å²) >= 11 is 2.49. The van der Waals surface area contributed by atoms with Crippen molar-refractivity contribution in [3.8, 4) is 5.75 Å². The number of rotatable bonds is 6. The lowest BCUT2D eigenvalue weighted by Gasteiger charge is -2.30. The maximum Gasteiger partial charge on any atom is 0.286 e. The maximum atomic E-state index is 11.9. The number of carbonyl (C=O) groups excluding carboxylic acids is 3. The van der Waals surface area contributed by atoms with Gasteiger partial charge in [0.2, 0.25) is 11.8 Å². The largest absolute Gasteiger partial charge is 0.506 e. The third kappa shape index (κ3) is 4.17. The van der Waals surface area contributed by atoms with E-state index in [1.807, 2.05) is 40.6 Å². The van der Waals surface area contributed by atoms with Crippen LogP contribution in [0.2, 0.25) is 0 Å². The number of imide groups is 1. The maximum absolute atomic E-state index is 11.9. The molecule has 2 heterocycles. The number of nitrogens with one attached hydrogen (secondary N) is 1. The van der Waals surface area contributed by atoms with Crippen LogP contribution in [0.25, 0.3) is 0 Å². The molecule has 0 aromatic heterocycles. The number of hydrogen-bond donors (Lipinski definition) is 3. The van der Waals surface area contributed by atoms with Crippen molar-refractivity contribution in [2.24, 2.45) is 5.73 Å². The Kier molecular flexibility index (Phi) is 5.74. The van der Waals surface area contributed by atoms with Crippen molar-refractivity contribution < 1.29 is 19.5 Å². The van der Waals surface area contributed by atoms with Crippen molar-refractivity contribution in [1.29, 1.82) is 0 Å². The fourth-order valence-electron chi connectivity index (χ4n) is 3.47. The molecule has 2 aliphatic rings. The number of amides is 3. The van der Waals surface area contributed by atoms with Gasteiger partial charge in [-0.15, -0.1) is 11.8 Å². The van der Waals surface area contributed by atoms with E-state index >= 15 is 0 Å². The number of anilines is 1. The van der Waals surface area contributed by atoms with Crippen LogP contribution in [0.1, 0.15) is 22.9 Å². The zero-order valence-electron chi connectivity index (χ0n) is 15.8. The van der Waals surface area contributed by atoms with E-state index in [-0.39, 0.29) is 28.7 Å². The molecule has 2 aromatic rings. The second kappa shape index (κ2) is 8.45. The fourth-order valence-corrected chi connectivity index (χ4v) is 5.50. The van der Waals surface area contributed by atoms with Gasteiger partial charge < -0.3 is 15.7 Å². The van der Waals surface area contributed by atoms with E-state index in [4.69, 9.17) is 5.73 Å². The van der Waals surface area contributed by atoms with Crippen molar-refractivity contribution in [3.63, 3.8) is 0 Å². The topological polar surface area (TPSA) is 113 Å². The summed E-state index contributed by atoms with van der Waals surface area (Å²) in [7, 11) is 0. The SMILES string of the molecule is NC(=O)CC1=CSC(c2ccccc2)N1c1cc(CC2SC(=O)NC2=O)ccc1O. The predicted octanol–water partition coefficient (Wildman–Crippen LogP) is 3.26. The minimum Gasteiger partial charge on any atom is -0.506 e. The number of nitrogens with zero attached hydrogens (tertiary/aromatic N) is 1. The van der Waals surface area contributed by atoms with Crippen LogP contribution in [-0.4, -0.2) is 27.4 Å². The fraction of sp³-hybridized carbons (Fsp3) is 0.190. The monoisotopic (exact) mass is 441 g/mol. The van der Waals surface area contributed by atoms with Gasteiger partial charge >= 0.3 is 0 Å². The molecule has 0 bridgehead atoms. The first-order valence-corrected chi connectivity index (χ1v) is 11.0. The third-order valence-electron chi connectivity index (χ3n) is 4.80. The van der Waals surface area contributed by atoms with Crippen molar-refractivity contribution >= 4 is 46.3 Å². The number of hydrogen-bond acceptors (Lipinski definition) is 7. The number of thioether (sulfide) groups is 2. The average Bonchev–Trinajstić information content (AvgIpc) is 3.26. The summed E-state index contributed by atoms with van der Waals surface area (Å²) in [6, 6.07) is 14.9. The average molecular weight is 442 g/mol.